The van der Waals surface area contributed by atoms with E-state index < -0.39 is 0 Å². The molecule has 12 aromatic carbocycles. The van der Waals surface area contributed by atoms with Gasteiger partial charge >= 0.3 is 0 Å². The van der Waals surface area contributed by atoms with Gasteiger partial charge in [-0.3, -0.25) is 0 Å². The molecule has 0 aliphatic rings. The lowest BCUT2D eigenvalue weighted by Crippen LogP contribution is -1.93. The zero-order chi connectivity index (χ0) is 74.0. The Balaban J connectivity index is 0.000000141. The van der Waals surface area contributed by atoms with E-state index in [0.717, 1.165) is 199 Å². The zero-order valence-electron chi connectivity index (χ0n) is 59.7. The Hall–Kier alpha value is -15.5. The number of rotatable bonds is 10. The molecule has 0 fully saturated rings. The van der Waals surface area contributed by atoms with Gasteiger partial charge in [-0.05, 0) is 129 Å². The molecular formula is C98H58N14. The molecule has 22 aromatic rings. The summed E-state index contributed by atoms with van der Waals surface area (Å²) in [7, 11) is 0. The molecule has 10 heterocycles. The summed E-state index contributed by atoms with van der Waals surface area (Å²) in [5.74, 6) is 1.09. The average Bonchev–Trinajstić information content (AvgIpc) is 0.742. The minimum Gasteiger partial charge on any atom is -0.248 e. The minimum absolute atomic E-state index is 0.543. The van der Waals surface area contributed by atoms with Crippen LogP contribution in [0.3, 0.4) is 0 Å². The van der Waals surface area contributed by atoms with Crippen LogP contribution in [-0.4, -0.2) is 69.8 Å². The molecule has 0 atom stereocenters. The normalized spacial score (nSPS) is 11.6. The summed E-state index contributed by atoms with van der Waals surface area (Å²) in [5, 5.41) is 13.1. The second-order valence-electron chi connectivity index (χ2n) is 27.8. The predicted octanol–water partition coefficient (Wildman–Crippen LogP) is 23.1. The second kappa shape index (κ2) is 27.4. The van der Waals surface area contributed by atoms with Crippen molar-refractivity contribution in [3.8, 4) is 113 Å². The molecule has 14 nitrogen and oxygen atoms in total. The summed E-state index contributed by atoms with van der Waals surface area (Å²) in [6, 6.07) is 114. The first-order valence-electron chi connectivity index (χ1n) is 36.9. The Kier molecular flexibility index (Phi) is 15.8. The number of aromatic nitrogens is 14. The maximum Gasteiger partial charge on any atom is 0.181 e. The van der Waals surface area contributed by atoms with Crippen LogP contribution in [0.15, 0.2) is 353 Å². The van der Waals surface area contributed by atoms with E-state index in [1.165, 1.54) is 25.3 Å². The van der Waals surface area contributed by atoms with Gasteiger partial charge in [0.25, 0.3) is 0 Å². The van der Waals surface area contributed by atoms with Crippen LogP contribution in [0.25, 0.3) is 222 Å². The topological polar surface area (TPSA) is 180 Å². The molecule has 0 aliphatic carbocycles. The summed E-state index contributed by atoms with van der Waals surface area (Å²) < 4.78 is 0. The van der Waals surface area contributed by atoms with Gasteiger partial charge in [0, 0.05) is 76.5 Å². The first kappa shape index (κ1) is 64.8. The van der Waals surface area contributed by atoms with Crippen molar-refractivity contribution >= 4 is 109 Å². The van der Waals surface area contributed by atoms with Crippen molar-refractivity contribution in [1.82, 2.24) is 69.8 Å². The maximum atomic E-state index is 5.29. The quantitative estimate of drug-likeness (QED) is 0.118. The van der Waals surface area contributed by atoms with Gasteiger partial charge in [0.2, 0.25) is 0 Å². The van der Waals surface area contributed by atoms with Crippen molar-refractivity contribution in [3.63, 3.8) is 0 Å². The molecule has 0 spiro atoms. The molecule has 10 aromatic heterocycles. The summed E-state index contributed by atoms with van der Waals surface area (Å²) in [6.07, 6.45) is 5.93. The smallest absolute Gasteiger partial charge is 0.181 e. The molecule has 14 heteroatoms. The molecular weight excluding hydrogens is 1370 g/mol. The lowest BCUT2D eigenvalue weighted by Gasteiger charge is -2.13. The first-order chi connectivity index (χ1) is 55.4. The molecule has 0 N–H and O–H groups in total. The van der Waals surface area contributed by atoms with E-state index in [4.69, 9.17) is 39.9 Å². The molecule has 0 bridgehead atoms. The molecule has 0 saturated carbocycles. The highest BCUT2D eigenvalue weighted by molar-refractivity contribution is 6.09. The minimum atomic E-state index is 0.543. The van der Waals surface area contributed by atoms with Gasteiger partial charge in [-0.15, -0.1) is 0 Å². The monoisotopic (exact) mass is 1430 g/mol. The Labute approximate surface area is 640 Å². The Bertz CT molecular complexity index is 7520. The van der Waals surface area contributed by atoms with Crippen LogP contribution in [-0.2, 0) is 0 Å². The fourth-order valence-electron chi connectivity index (χ4n) is 15.2. The third-order valence-electron chi connectivity index (χ3n) is 21.0. The largest absolute Gasteiger partial charge is 0.248 e. The average molecular weight is 1430 g/mol. The highest BCUT2D eigenvalue weighted by Gasteiger charge is 2.18. The van der Waals surface area contributed by atoms with Crippen LogP contribution in [0.2, 0.25) is 0 Å². The van der Waals surface area contributed by atoms with E-state index >= 15 is 0 Å². The van der Waals surface area contributed by atoms with Crippen molar-refractivity contribution in [1.29, 1.82) is 0 Å². The predicted molar refractivity (Wildman–Crippen MR) is 451 cm³/mol. The van der Waals surface area contributed by atoms with Gasteiger partial charge < -0.3 is 0 Å². The van der Waals surface area contributed by atoms with Crippen molar-refractivity contribution in [3.05, 3.63) is 353 Å². The summed E-state index contributed by atoms with van der Waals surface area (Å²) in [5.41, 5.74) is 24.8. The van der Waals surface area contributed by atoms with Gasteiger partial charge in [-0.1, -0.05) is 243 Å². The third kappa shape index (κ3) is 12.2. The number of hydrogen-bond donors (Lipinski definition) is 0. The van der Waals surface area contributed by atoms with Crippen LogP contribution in [0, 0.1) is 0 Å². The molecule has 112 heavy (non-hydrogen) atoms. The van der Waals surface area contributed by atoms with Crippen molar-refractivity contribution < 1.29 is 0 Å². The lowest BCUT2D eigenvalue weighted by atomic mass is 9.93. The molecule has 520 valence electrons. The van der Waals surface area contributed by atoms with E-state index in [-0.39, 0.29) is 0 Å². The Morgan fingerprint density at radius 3 is 0.893 bits per heavy atom. The molecule has 0 saturated heterocycles. The van der Waals surface area contributed by atoms with Crippen molar-refractivity contribution in [2.45, 2.75) is 0 Å². The number of nitrogens with zero attached hydrogens (tertiary/aromatic N) is 14. The second-order valence-corrected chi connectivity index (χ2v) is 27.8. The summed E-state index contributed by atoms with van der Waals surface area (Å²) in [6.45, 7) is 0. The van der Waals surface area contributed by atoms with Gasteiger partial charge in [-0.2, -0.15) is 0 Å². The molecule has 0 aliphatic heterocycles. The SMILES string of the molecule is c1ccc(-c2ccc3ccc4ccc(-c5ccc(-c6ccc7ccc(-c8ccc9ccc(-c%10ncncn%10)nc9c8)nc7c6)c6ccccc56)nc4c3n2)cc1.c1ccc(-c2ccc3ccc4ccc(-c5ccc6cc(-c7ccc8ccc(-c9ccc%10ccc(-c%11ncncn%11)nc%10c9)nc8c7)ccc6c5)nc4c3n2)cc1. The van der Waals surface area contributed by atoms with Crippen LogP contribution in [0.4, 0.5) is 0 Å². The fourth-order valence-corrected chi connectivity index (χ4v) is 15.2. The van der Waals surface area contributed by atoms with E-state index in [0.29, 0.717) is 23.0 Å². The number of hydrogen-bond acceptors (Lipinski definition) is 14. The lowest BCUT2D eigenvalue weighted by molar-refractivity contribution is 1.04. The van der Waals surface area contributed by atoms with Crippen LogP contribution in [0.5, 0.6) is 0 Å². The number of benzene rings is 12. The van der Waals surface area contributed by atoms with Crippen molar-refractivity contribution in [2.75, 3.05) is 0 Å². The fraction of sp³-hybridized carbons (Fsp3) is 0. The maximum absolute atomic E-state index is 5.29. The van der Waals surface area contributed by atoms with Crippen LogP contribution in [0.1, 0.15) is 0 Å². The summed E-state index contributed by atoms with van der Waals surface area (Å²) >= 11 is 0. The van der Waals surface area contributed by atoms with Gasteiger partial charge in [0.05, 0.1) is 78.3 Å². The highest BCUT2D eigenvalue weighted by Crippen LogP contribution is 2.40. The molecule has 0 radical (unpaired) electrons. The van der Waals surface area contributed by atoms with E-state index in [1.54, 1.807) is 0 Å². The standard InChI is InChI=1S/2C49H29N7/c1-2-6-30(7-3-1)41-23-18-33-12-13-34-19-24-43(56-48(34)47(33)55-41)40-21-20-37(38-8-4-5-9-39(38)40)35-14-10-31-16-22-42(53-45(31)26-35)36-15-11-32-17-25-44(54-46(32)27-36)49-51-28-50-29-52-49;1-2-4-30(5-3-1)41-21-18-33-8-9-34-19-22-43(56-48(34)47(33)55-41)39-15-13-35-24-36(11-12-37(35)25-39)38-10-6-31-16-20-42(53-45(31)26-38)40-14-7-32-17-23-44(54-46(32)27-40)49-51-28-50-29-52-49/h2*1-29H. The van der Waals surface area contributed by atoms with Crippen LogP contribution < -0.4 is 0 Å². The van der Waals surface area contributed by atoms with E-state index in [9.17, 15) is 0 Å². The summed E-state index contributed by atoms with van der Waals surface area (Å²) in [4.78, 5) is 65.6. The number of pyridine rings is 8. The van der Waals surface area contributed by atoms with Crippen molar-refractivity contribution in [2.24, 2.45) is 0 Å². The Morgan fingerprint density at radius 1 is 0.161 bits per heavy atom. The molecule has 22 rings (SSSR count). The zero-order valence-corrected chi connectivity index (χ0v) is 59.7. The van der Waals surface area contributed by atoms with E-state index in [1.807, 2.05) is 60.7 Å². The molecule has 0 unspecified atom stereocenters. The molecule has 0 amide bonds. The van der Waals surface area contributed by atoms with Gasteiger partial charge in [0.1, 0.15) is 36.7 Å². The number of fused-ring (bicyclic) bond motifs is 12. The van der Waals surface area contributed by atoms with Crippen LogP contribution >= 0.6 is 0 Å². The van der Waals surface area contributed by atoms with Gasteiger partial charge in [0.15, 0.2) is 11.6 Å². The Morgan fingerprint density at radius 2 is 0.438 bits per heavy atom. The third-order valence-corrected chi connectivity index (χ3v) is 21.0. The first-order valence-corrected chi connectivity index (χ1v) is 36.9. The van der Waals surface area contributed by atoms with Gasteiger partial charge in [-0.25, -0.2) is 69.8 Å². The highest BCUT2D eigenvalue weighted by atomic mass is 15.0. The van der Waals surface area contributed by atoms with E-state index in [2.05, 4.69) is 297 Å².